The Bertz CT molecular complexity index is 1070. The number of carbonyl (C=O) groups is 1. The molecule has 2 aromatic carbocycles. The average Bonchev–Trinajstić information content (AvgIpc) is 2.83. The number of amides is 2. The average molecular weight is 427 g/mol. The Morgan fingerprint density at radius 3 is 2.35 bits per heavy atom. The fourth-order valence-corrected chi connectivity index (χ4v) is 3.95. The van der Waals surface area contributed by atoms with Crippen molar-refractivity contribution in [2.75, 3.05) is 5.32 Å². The summed E-state index contributed by atoms with van der Waals surface area (Å²) >= 11 is 1.66. The maximum atomic E-state index is 12.8. The maximum absolute atomic E-state index is 12.8. The molecule has 2 heterocycles. The van der Waals surface area contributed by atoms with Crippen LogP contribution < -0.4 is 10.6 Å². The van der Waals surface area contributed by atoms with Crippen molar-refractivity contribution in [1.82, 2.24) is 15.3 Å². The summed E-state index contributed by atoms with van der Waals surface area (Å²) in [5.74, 6) is 0.773. The molecular weight excluding hydrogens is 404 g/mol. The smallest absolute Gasteiger partial charge is 0.320 e. The Labute approximate surface area is 186 Å². The molecule has 0 spiro atoms. The monoisotopic (exact) mass is 426 g/mol. The molecule has 0 aliphatic rings. The molecule has 31 heavy (non-hydrogen) atoms. The van der Waals surface area contributed by atoms with Gasteiger partial charge in [-0.05, 0) is 47.5 Å². The molecule has 1 unspecified atom stereocenters. The summed E-state index contributed by atoms with van der Waals surface area (Å²) in [4.78, 5) is 21.6. The molecule has 0 fully saturated rings. The number of benzene rings is 2. The Hall–Kier alpha value is -3.64. The first-order valence-electron chi connectivity index (χ1n) is 9.94. The molecule has 1 atom stereocenters. The summed E-state index contributed by atoms with van der Waals surface area (Å²) in [6.07, 6.45) is 3.52. The van der Waals surface area contributed by atoms with Gasteiger partial charge in [0.15, 0.2) is 0 Å². The second-order valence-electron chi connectivity index (χ2n) is 6.85. The quantitative estimate of drug-likeness (QED) is 0.373. The summed E-state index contributed by atoms with van der Waals surface area (Å²) in [5, 5.41) is 6.97. The number of hydrogen-bond donors (Lipinski definition) is 2. The Kier molecular flexibility index (Phi) is 6.92. The van der Waals surface area contributed by atoms with Gasteiger partial charge in [-0.15, -0.1) is 11.8 Å². The van der Waals surface area contributed by atoms with E-state index in [-0.39, 0.29) is 12.1 Å². The Morgan fingerprint density at radius 1 is 0.839 bits per heavy atom. The van der Waals surface area contributed by atoms with Crippen LogP contribution in [0.4, 0.5) is 10.5 Å². The molecule has 4 aromatic rings. The number of anilines is 1. The van der Waals surface area contributed by atoms with Crippen LogP contribution in [-0.4, -0.2) is 16.0 Å². The summed E-state index contributed by atoms with van der Waals surface area (Å²) in [6.45, 7) is 0. The van der Waals surface area contributed by atoms with Crippen LogP contribution in [0.2, 0.25) is 0 Å². The fourth-order valence-electron chi connectivity index (χ4n) is 3.15. The van der Waals surface area contributed by atoms with Crippen LogP contribution in [-0.2, 0) is 5.75 Å². The minimum atomic E-state index is -0.342. The van der Waals surface area contributed by atoms with Crippen molar-refractivity contribution in [3.05, 3.63) is 120 Å². The van der Waals surface area contributed by atoms with Crippen molar-refractivity contribution < 1.29 is 4.79 Å². The van der Waals surface area contributed by atoms with E-state index in [2.05, 4.69) is 20.6 Å². The number of hydrogen-bond acceptors (Lipinski definition) is 4. The first kappa shape index (κ1) is 20.6. The van der Waals surface area contributed by atoms with Gasteiger partial charge in [-0.3, -0.25) is 4.98 Å². The van der Waals surface area contributed by atoms with E-state index >= 15 is 0 Å². The number of carbonyl (C=O) groups excluding carboxylic acids is 1. The van der Waals surface area contributed by atoms with E-state index in [9.17, 15) is 4.79 Å². The second-order valence-corrected chi connectivity index (χ2v) is 7.85. The lowest BCUT2D eigenvalue weighted by Gasteiger charge is -2.19. The minimum Gasteiger partial charge on any atom is -0.325 e. The third kappa shape index (κ3) is 5.93. The van der Waals surface area contributed by atoms with E-state index in [1.165, 1.54) is 0 Å². The van der Waals surface area contributed by atoms with Gasteiger partial charge in [0.1, 0.15) is 0 Å². The molecule has 2 amide bonds. The molecule has 5 nitrogen and oxygen atoms in total. The predicted molar refractivity (Wildman–Crippen MR) is 125 cm³/mol. The molecule has 2 aromatic heterocycles. The van der Waals surface area contributed by atoms with Gasteiger partial charge in [0.2, 0.25) is 0 Å². The van der Waals surface area contributed by atoms with Crippen LogP contribution in [0.5, 0.6) is 0 Å². The maximum Gasteiger partial charge on any atom is 0.320 e. The summed E-state index contributed by atoms with van der Waals surface area (Å²) in [6, 6.07) is 28.6. The summed E-state index contributed by atoms with van der Waals surface area (Å²) in [7, 11) is 0. The van der Waals surface area contributed by atoms with Gasteiger partial charge in [-0.25, -0.2) is 9.78 Å². The highest BCUT2D eigenvalue weighted by molar-refractivity contribution is 7.98. The second kappa shape index (κ2) is 10.4. The van der Waals surface area contributed by atoms with Crippen LogP contribution >= 0.6 is 11.8 Å². The van der Waals surface area contributed by atoms with Gasteiger partial charge in [-0.1, -0.05) is 54.6 Å². The van der Waals surface area contributed by atoms with E-state index < -0.39 is 0 Å². The van der Waals surface area contributed by atoms with Crippen molar-refractivity contribution in [2.45, 2.75) is 16.8 Å². The lowest BCUT2D eigenvalue weighted by atomic mass is 10.0. The van der Waals surface area contributed by atoms with Crippen molar-refractivity contribution in [3.8, 4) is 0 Å². The van der Waals surface area contributed by atoms with Gasteiger partial charge in [0.25, 0.3) is 0 Å². The number of aromatic nitrogens is 2. The molecule has 0 saturated carbocycles. The summed E-state index contributed by atoms with van der Waals surface area (Å²) < 4.78 is 0. The van der Waals surface area contributed by atoms with Crippen LogP contribution in [0, 0.1) is 0 Å². The highest BCUT2D eigenvalue weighted by Gasteiger charge is 2.18. The van der Waals surface area contributed by atoms with E-state index in [1.54, 1.807) is 24.2 Å². The van der Waals surface area contributed by atoms with Crippen molar-refractivity contribution in [1.29, 1.82) is 0 Å². The van der Waals surface area contributed by atoms with Gasteiger partial charge in [0, 0.05) is 23.8 Å². The first-order valence-corrected chi connectivity index (χ1v) is 10.9. The highest BCUT2D eigenvalue weighted by Crippen LogP contribution is 2.23. The van der Waals surface area contributed by atoms with Crippen LogP contribution in [0.3, 0.4) is 0 Å². The Balaban J connectivity index is 1.43. The van der Waals surface area contributed by atoms with Gasteiger partial charge in [0.05, 0.1) is 16.8 Å². The SMILES string of the molecule is O=C(Nc1cccc(CSc2ccccn2)c1)NC(c1ccccc1)c1ccccn1. The van der Waals surface area contributed by atoms with Crippen LogP contribution in [0.1, 0.15) is 22.9 Å². The third-order valence-electron chi connectivity index (χ3n) is 4.60. The number of urea groups is 1. The molecule has 154 valence electrons. The van der Waals surface area contributed by atoms with E-state index in [1.807, 2.05) is 91.0 Å². The number of nitrogens with zero attached hydrogens (tertiary/aromatic N) is 2. The van der Waals surface area contributed by atoms with Gasteiger partial charge < -0.3 is 10.6 Å². The molecule has 0 aliphatic carbocycles. The molecule has 0 saturated heterocycles. The Morgan fingerprint density at radius 2 is 1.61 bits per heavy atom. The van der Waals surface area contributed by atoms with E-state index in [0.29, 0.717) is 0 Å². The van der Waals surface area contributed by atoms with E-state index in [0.717, 1.165) is 33.3 Å². The summed E-state index contributed by atoms with van der Waals surface area (Å²) in [5.41, 5.74) is 3.60. The lowest BCUT2D eigenvalue weighted by molar-refractivity contribution is 0.250. The molecule has 4 rings (SSSR count). The van der Waals surface area contributed by atoms with Crippen molar-refractivity contribution in [2.24, 2.45) is 0 Å². The molecule has 0 aliphatic heterocycles. The zero-order valence-corrected chi connectivity index (χ0v) is 17.6. The van der Waals surface area contributed by atoms with Crippen LogP contribution in [0.15, 0.2) is 108 Å². The van der Waals surface area contributed by atoms with Crippen LogP contribution in [0.25, 0.3) is 0 Å². The standard InChI is InChI=1S/C25H22N4OS/c30-25(29-24(20-10-2-1-3-11-20)22-13-4-6-15-26-22)28-21-12-8-9-19(17-21)18-31-23-14-5-7-16-27-23/h1-17,24H,18H2,(H2,28,29,30). The zero-order valence-electron chi connectivity index (χ0n) is 16.8. The normalized spacial score (nSPS) is 11.5. The zero-order chi connectivity index (χ0) is 21.3. The largest absolute Gasteiger partial charge is 0.325 e. The van der Waals surface area contributed by atoms with E-state index in [4.69, 9.17) is 0 Å². The van der Waals surface area contributed by atoms with Gasteiger partial charge >= 0.3 is 6.03 Å². The number of pyridine rings is 2. The number of thioether (sulfide) groups is 1. The first-order chi connectivity index (χ1) is 15.3. The molecule has 0 bridgehead atoms. The molecule has 2 N–H and O–H groups in total. The molecular formula is C25H22N4OS. The highest BCUT2D eigenvalue weighted by atomic mass is 32.2. The molecule has 6 heteroatoms. The van der Waals surface area contributed by atoms with Gasteiger partial charge in [-0.2, -0.15) is 0 Å². The van der Waals surface area contributed by atoms with Crippen molar-refractivity contribution in [3.63, 3.8) is 0 Å². The lowest BCUT2D eigenvalue weighted by Crippen LogP contribution is -2.33. The minimum absolute atomic E-state index is 0.283. The molecule has 0 radical (unpaired) electrons. The third-order valence-corrected chi connectivity index (χ3v) is 5.62. The fraction of sp³-hybridized carbons (Fsp3) is 0.0800. The van der Waals surface area contributed by atoms with Crippen molar-refractivity contribution >= 4 is 23.5 Å². The predicted octanol–water partition coefficient (Wildman–Crippen LogP) is 5.68. The number of nitrogens with one attached hydrogen (secondary N) is 2. The number of rotatable bonds is 7. The topological polar surface area (TPSA) is 66.9 Å².